The summed E-state index contributed by atoms with van der Waals surface area (Å²) >= 11 is 1.44. The number of thiophene rings is 1. The van der Waals surface area contributed by atoms with Gasteiger partial charge in [0.2, 0.25) is 0 Å². The molecule has 0 aliphatic rings. The minimum atomic E-state index is -0.764. The minimum Gasteiger partial charge on any atom is -0.448 e. The maximum atomic E-state index is 10.2. The van der Waals surface area contributed by atoms with Gasteiger partial charge in [0.15, 0.2) is 0 Å². The number of hydrogen-bond donors (Lipinski definition) is 2. The van der Waals surface area contributed by atoms with Crippen LogP contribution < -0.4 is 11.1 Å². The molecule has 0 aromatic carbocycles. The molecule has 1 rings (SSSR count). The average molecular weight is 225 g/mol. The Morgan fingerprint density at radius 1 is 1.67 bits per heavy atom. The van der Waals surface area contributed by atoms with Gasteiger partial charge in [0.1, 0.15) is 17.6 Å². The molecule has 0 radical (unpaired) electrons. The molecule has 1 amide bonds. The Morgan fingerprint density at radius 3 is 3.07 bits per heavy atom. The smallest absolute Gasteiger partial charge is 0.404 e. The van der Waals surface area contributed by atoms with Crippen LogP contribution in [0.25, 0.3) is 0 Å². The molecule has 5 nitrogen and oxygen atoms in total. The zero-order valence-corrected chi connectivity index (χ0v) is 8.84. The number of nitriles is 1. The Balaban J connectivity index is 2.15. The van der Waals surface area contributed by atoms with Crippen LogP contribution in [0.3, 0.4) is 0 Å². The standard InChI is InChI=1S/C9H11N3O2S/c10-5-7-1-2-8(15-7)6-12-3-4-14-9(11)13/h1-2,12H,3-4,6H2,(H2,11,13). The highest BCUT2D eigenvalue weighted by Gasteiger charge is 1.98. The van der Waals surface area contributed by atoms with E-state index >= 15 is 0 Å². The number of hydrogen-bond acceptors (Lipinski definition) is 5. The van der Waals surface area contributed by atoms with Crippen molar-refractivity contribution in [2.24, 2.45) is 5.73 Å². The number of carbonyl (C=O) groups is 1. The summed E-state index contributed by atoms with van der Waals surface area (Å²) in [6.07, 6.45) is -0.764. The highest BCUT2D eigenvalue weighted by molar-refractivity contribution is 7.12. The first-order valence-corrected chi connectivity index (χ1v) is 5.16. The molecule has 0 saturated carbocycles. The lowest BCUT2D eigenvalue weighted by Gasteiger charge is -2.02. The predicted octanol–water partition coefficient (Wildman–Crippen LogP) is 0.805. The molecule has 0 saturated heterocycles. The van der Waals surface area contributed by atoms with Gasteiger partial charge in [-0.3, -0.25) is 0 Å². The van der Waals surface area contributed by atoms with E-state index < -0.39 is 6.09 Å². The van der Waals surface area contributed by atoms with E-state index in [2.05, 4.69) is 16.1 Å². The average Bonchev–Trinajstić information content (AvgIpc) is 2.65. The molecular formula is C9H11N3O2S. The van der Waals surface area contributed by atoms with Gasteiger partial charge in [-0.15, -0.1) is 11.3 Å². The molecular weight excluding hydrogens is 214 g/mol. The highest BCUT2D eigenvalue weighted by atomic mass is 32.1. The molecule has 0 aliphatic heterocycles. The lowest BCUT2D eigenvalue weighted by Crippen LogP contribution is -2.22. The van der Waals surface area contributed by atoms with Crippen LogP contribution in [0.4, 0.5) is 4.79 Å². The number of rotatable bonds is 5. The molecule has 15 heavy (non-hydrogen) atoms. The third-order valence-electron chi connectivity index (χ3n) is 1.59. The Bertz CT molecular complexity index is 370. The van der Waals surface area contributed by atoms with Crippen LogP contribution in [0.2, 0.25) is 0 Å². The number of nitrogens with one attached hydrogen (secondary N) is 1. The number of nitrogens with two attached hydrogens (primary N) is 1. The van der Waals surface area contributed by atoms with Crippen molar-refractivity contribution in [1.82, 2.24) is 5.32 Å². The van der Waals surface area contributed by atoms with Crippen molar-refractivity contribution in [3.8, 4) is 6.07 Å². The van der Waals surface area contributed by atoms with Gasteiger partial charge >= 0.3 is 6.09 Å². The van der Waals surface area contributed by atoms with Gasteiger partial charge < -0.3 is 15.8 Å². The van der Waals surface area contributed by atoms with Crippen molar-refractivity contribution in [3.05, 3.63) is 21.9 Å². The summed E-state index contributed by atoms with van der Waals surface area (Å²) in [4.78, 5) is 12.0. The van der Waals surface area contributed by atoms with E-state index in [1.54, 1.807) is 6.07 Å². The van der Waals surface area contributed by atoms with Crippen molar-refractivity contribution in [2.75, 3.05) is 13.2 Å². The van der Waals surface area contributed by atoms with Crippen LogP contribution in [0.5, 0.6) is 0 Å². The first-order chi connectivity index (χ1) is 7.22. The van der Waals surface area contributed by atoms with Crippen molar-refractivity contribution < 1.29 is 9.53 Å². The summed E-state index contributed by atoms with van der Waals surface area (Å²) in [5, 5.41) is 11.7. The van der Waals surface area contributed by atoms with E-state index in [0.717, 1.165) is 4.88 Å². The summed E-state index contributed by atoms with van der Waals surface area (Å²) in [5.74, 6) is 0. The van der Waals surface area contributed by atoms with Gasteiger partial charge in [0.25, 0.3) is 0 Å². The lowest BCUT2D eigenvalue weighted by molar-refractivity contribution is 0.157. The third kappa shape index (κ3) is 4.44. The van der Waals surface area contributed by atoms with Crippen LogP contribution in [0.15, 0.2) is 12.1 Å². The molecule has 0 spiro atoms. The van der Waals surface area contributed by atoms with Crippen molar-refractivity contribution in [2.45, 2.75) is 6.54 Å². The van der Waals surface area contributed by atoms with Crippen molar-refractivity contribution in [3.63, 3.8) is 0 Å². The summed E-state index contributed by atoms with van der Waals surface area (Å²) < 4.78 is 4.53. The van der Waals surface area contributed by atoms with E-state index in [1.807, 2.05) is 6.07 Å². The Labute approximate surface area is 91.5 Å². The molecule has 0 unspecified atom stereocenters. The van der Waals surface area contributed by atoms with E-state index in [4.69, 9.17) is 11.0 Å². The van der Waals surface area contributed by atoms with Crippen molar-refractivity contribution in [1.29, 1.82) is 5.26 Å². The quantitative estimate of drug-likeness (QED) is 0.725. The maximum Gasteiger partial charge on any atom is 0.404 e. The number of carbonyl (C=O) groups excluding carboxylic acids is 1. The summed E-state index contributed by atoms with van der Waals surface area (Å²) in [6.45, 7) is 1.46. The molecule has 6 heteroatoms. The van der Waals surface area contributed by atoms with Gasteiger partial charge in [-0.25, -0.2) is 4.79 Å². The van der Waals surface area contributed by atoms with Crippen molar-refractivity contribution >= 4 is 17.4 Å². The fourth-order valence-corrected chi connectivity index (χ4v) is 1.74. The second-order valence-corrected chi connectivity index (χ2v) is 3.89. The van der Waals surface area contributed by atoms with Gasteiger partial charge in [0, 0.05) is 18.0 Å². The number of ether oxygens (including phenoxy) is 1. The lowest BCUT2D eigenvalue weighted by atomic mass is 10.4. The maximum absolute atomic E-state index is 10.2. The fourth-order valence-electron chi connectivity index (χ4n) is 0.968. The SMILES string of the molecule is N#Cc1ccc(CNCCOC(N)=O)s1. The molecule has 1 aromatic rings. The molecule has 3 N–H and O–H groups in total. The largest absolute Gasteiger partial charge is 0.448 e. The minimum absolute atomic E-state index is 0.256. The first kappa shape index (κ1) is 11.5. The Kier molecular flexibility index (Phi) is 4.60. The normalized spacial score (nSPS) is 9.53. The molecule has 0 fully saturated rings. The molecule has 0 bridgehead atoms. The molecule has 80 valence electrons. The molecule has 1 heterocycles. The summed E-state index contributed by atoms with van der Waals surface area (Å²) in [6, 6.07) is 5.74. The fraction of sp³-hybridized carbons (Fsp3) is 0.333. The number of primary amides is 1. The monoisotopic (exact) mass is 225 g/mol. The van der Waals surface area contributed by atoms with Crippen LogP contribution in [-0.2, 0) is 11.3 Å². The number of nitrogens with zero attached hydrogens (tertiary/aromatic N) is 1. The Morgan fingerprint density at radius 2 is 2.47 bits per heavy atom. The third-order valence-corrected chi connectivity index (χ3v) is 2.58. The Hall–Kier alpha value is -1.58. The summed E-state index contributed by atoms with van der Waals surface area (Å²) in [7, 11) is 0. The zero-order chi connectivity index (χ0) is 11.1. The predicted molar refractivity (Wildman–Crippen MR) is 56.3 cm³/mol. The molecule has 1 aromatic heterocycles. The van der Waals surface area contributed by atoms with Crippen LogP contribution >= 0.6 is 11.3 Å². The highest BCUT2D eigenvalue weighted by Crippen LogP contribution is 2.14. The van der Waals surface area contributed by atoms with Gasteiger partial charge in [-0.1, -0.05) is 0 Å². The van der Waals surface area contributed by atoms with Crippen LogP contribution in [0, 0.1) is 11.3 Å². The summed E-state index contributed by atoms with van der Waals surface area (Å²) in [5.41, 5.74) is 4.78. The van der Waals surface area contributed by atoms with E-state index in [-0.39, 0.29) is 6.61 Å². The zero-order valence-electron chi connectivity index (χ0n) is 8.03. The first-order valence-electron chi connectivity index (χ1n) is 4.34. The van der Waals surface area contributed by atoms with E-state index in [9.17, 15) is 4.79 Å². The van der Waals surface area contributed by atoms with E-state index in [0.29, 0.717) is 18.0 Å². The molecule has 0 aliphatic carbocycles. The van der Waals surface area contributed by atoms with Gasteiger partial charge in [-0.2, -0.15) is 5.26 Å². The van der Waals surface area contributed by atoms with Crippen LogP contribution in [0.1, 0.15) is 9.75 Å². The molecule has 0 atom stereocenters. The van der Waals surface area contributed by atoms with Gasteiger partial charge in [-0.05, 0) is 12.1 Å². The number of amides is 1. The van der Waals surface area contributed by atoms with Gasteiger partial charge in [0.05, 0.1) is 0 Å². The second kappa shape index (κ2) is 6.01. The van der Waals surface area contributed by atoms with E-state index in [1.165, 1.54) is 11.3 Å². The van der Waals surface area contributed by atoms with Crippen LogP contribution in [-0.4, -0.2) is 19.2 Å². The topological polar surface area (TPSA) is 88.1 Å². The second-order valence-electron chi connectivity index (χ2n) is 2.72.